The summed E-state index contributed by atoms with van der Waals surface area (Å²) in [4.78, 5) is 2.70. The lowest BCUT2D eigenvalue weighted by Gasteiger charge is -2.41. The number of hydrogen-bond acceptors (Lipinski definition) is 2. The SMILES string of the molecule is CCCC1CCCCN1CC1(CO)CCCC1. The van der Waals surface area contributed by atoms with Gasteiger partial charge in [0.15, 0.2) is 0 Å². The number of aliphatic hydroxyl groups is 1. The van der Waals surface area contributed by atoms with Crippen molar-refractivity contribution in [3.8, 4) is 0 Å². The molecule has 0 aromatic rings. The highest BCUT2D eigenvalue weighted by molar-refractivity contribution is 4.90. The molecule has 1 N–H and O–H groups in total. The quantitative estimate of drug-likeness (QED) is 0.796. The Kier molecular flexibility index (Phi) is 4.87. The molecule has 0 bridgehead atoms. The molecule has 1 atom stereocenters. The molecule has 2 heteroatoms. The van der Waals surface area contributed by atoms with Gasteiger partial charge < -0.3 is 5.11 Å². The molecule has 0 amide bonds. The van der Waals surface area contributed by atoms with E-state index >= 15 is 0 Å². The van der Waals surface area contributed by atoms with Crippen LogP contribution in [0.2, 0.25) is 0 Å². The van der Waals surface area contributed by atoms with Crippen molar-refractivity contribution in [1.82, 2.24) is 4.90 Å². The van der Waals surface area contributed by atoms with Crippen molar-refractivity contribution < 1.29 is 5.11 Å². The van der Waals surface area contributed by atoms with Crippen LogP contribution in [0.1, 0.15) is 64.7 Å². The Morgan fingerprint density at radius 1 is 1.18 bits per heavy atom. The van der Waals surface area contributed by atoms with Crippen molar-refractivity contribution in [2.45, 2.75) is 70.8 Å². The van der Waals surface area contributed by atoms with Crippen LogP contribution in [0, 0.1) is 5.41 Å². The zero-order chi connectivity index (χ0) is 12.1. The predicted octanol–water partition coefficient (Wildman–Crippen LogP) is 3.19. The van der Waals surface area contributed by atoms with E-state index in [9.17, 15) is 5.11 Å². The summed E-state index contributed by atoms with van der Waals surface area (Å²) in [5.41, 5.74) is 0.253. The van der Waals surface area contributed by atoms with Gasteiger partial charge in [-0.25, -0.2) is 0 Å². The van der Waals surface area contributed by atoms with Crippen LogP contribution in [-0.4, -0.2) is 35.7 Å². The van der Waals surface area contributed by atoms with Crippen LogP contribution < -0.4 is 0 Å². The fourth-order valence-corrected chi connectivity index (χ4v) is 3.85. The summed E-state index contributed by atoms with van der Waals surface area (Å²) in [5, 5.41) is 9.74. The summed E-state index contributed by atoms with van der Waals surface area (Å²) >= 11 is 0. The molecule has 1 aliphatic heterocycles. The van der Waals surface area contributed by atoms with Crippen molar-refractivity contribution in [2.75, 3.05) is 19.7 Å². The number of likely N-dealkylation sites (tertiary alicyclic amines) is 1. The second kappa shape index (κ2) is 6.19. The summed E-state index contributed by atoms with van der Waals surface area (Å²) in [7, 11) is 0. The van der Waals surface area contributed by atoms with E-state index in [1.54, 1.807) is 0 Å². The lowest BCUT2D eigenvalue weighted by molar-refractivity contribution is 0.0396. The van der Waals surface area contributed by atoms with E-state index < -0.39 is 0 Å². The highest BCUT2D eigenvalue weighted by Crippen LogP contribution is 2.39. The third kappa shape index (κ3) is 3.23. The van der Waals surface area contributed by atoms with E-state index in [4.69, 9.17) is 0 Å². The van der Waals surface area contributed by atoms with Gasteiger partial charge in [-0.2, -0.15) is 0 Å². The van der Waals surface area contributed by atoms with Crippen molar-refractivity contribution in [2.24, 2.45) is 5.41 Å². The maximum absolute atomic E-state index is 9.74. The van der Waals surface area contributed by atoms with Crippen molar-refractivity contribution >= 4 is 0 Å². The van der Waals surface area contributed by atoms with Gasteiger partial charge in [-0.05, 0) is 38.6 Å². The number of piperidine rings is 1. The van der Waals surface area contributed by atoms with Crippen LogP contribution in [-0.2, 0) is 0 Å². The second-order valence-electron chi connectivity index (χ2n) is 6.27. The number of hydrogen-bond donors (Lipinski definition) is 1. The first-order chi connectivity index (χ1) is 8.29. The molecule has 2 fully saturated rings. The Hall–Kier alpha value is -0.0800. The Labute approximate surface area is 106 Å². The van der Waals surface area contributed by atoms with Gasteiger partial charge in [0.1, 0.15) is 0 Å². The van der Waals surface area contributed by atoms with Crippen LogP contribution in [0.25, 0.3) is 0 Å². The average molecular weight is 239 g/mol. The highest BCUT2D eigenvalue weighted by atomic mass is 16.3. The Balaban J connectivity index is 1.94. The first-order valence-electron chi connectivity index (χ1n) is 7.64. The molecule has 1 saturated carbocycles. The van der Waals surface area contributed by atoms with E-state index in [1.165, 1.54) is 64.3 Å². The monoisotopic (exact) mass is 239 g/mol. The van der Waals surface area contributed by atoms with Gasteiger partial charge in [0, 0.05) is 24.6 Å². The van der Waals surface area contributed by atoms with Crippen LogP contribution in [0.4, 0.5) is 0 Å². The maximum Gasteiger partial charge on any atom is 0.0499 e. The molecular formula is C15H29NO. The van der Waals surface area contributed by atoms with Crippen LogP contribution in [0.15, 0.2) is 0 Å². The standard InChI is InChI=1S/C15H29NO/c1-2-7-14-8-3-6-11-16(14)12-15(13-17)9-4-5-10-15/h14,17H,2-13H2,1H3. The van der Waals surface area contributed by atoms with Crippen LogP contribution in [0.5, 0.6) is 0 Å². The summed E-state index contributed by atoms with van der Waals surface area (Å²) in [5.74, 6) is 0. The van der Waals surface area contributed by atoms with Gasteiger partial charge in [0.25, 0.3) is 0 Å². The molecule has 17 heavy (non-hydrogen) atoms. The summed E-state index contributed by atoms with van der Waals surface area (Å²) < 4.78 is 0. The molecule has 2 rings (SSSR count). The molecule has 2 aliphatic rings. The molecule has 1 unspecified atom stereocenters. The van der Waals surface area contributed by atoms with Gasteiger partial charge in [-0.3, -0.25) is 4.90 Å². The van der Waals surface area contributed by atoms with Crippen molar-refractivity contribution in [3.05, 3.63) is 0 Å². The van der Waals surface area contributed by atoms with Gasteiger partial charge in [-0.1, -0.05) is 32.6 Å². The minimum atomic E-state index is 0.253. The molecule has 2 nitrogen and oxygen atoms in total. The van der Waals surface area contributed by atoms with Crippen molar-refractivity contribution in [1.29, 1.82) is 0 Å². The van der Waals surface area contributed by atoms with Crippen molar-refractivity contribution in [3.63, 3.8) is 0 Å². The third-order valence-electron chi connectivity index (χ3n) is 4.91. The number of nitrogens with zero attached hydrogens (tertiary/aromatic N) is 1. The van der Waals surface area contributed by atoms with Gasteiger partial charge >= 0.3 is 0 Å². The molecule has 1 aliphatic carbocycles. The summed E-state index contributed by atoms with van der Waals surface area (Å²) in [6.45, 7) is 5.13. The van der Waals surface area contributed by atoms with E-state index in [1.807, 2.05) is 0 Å². The summed E-state index contributed by atoms with van der Waals surface area (Å²) in [6.07, 6.45) is 12.0. The predicted molar refractivity (Wildman–Crippen MR) is 72.1 cm³/mol. The molecule has 100 valence electrons. The maximum atomic E-state index is 9.74. The third-order valence-corrected chi connectivity index (χ3v) is 4.91. The minimum Gasteiger partial charge on any atom is -0.396 e. The highest BCUT2D eigenvalue weighted by Gasteiger charge is 2.36. The number of aliphatic hydroxyl groups excluding tert-OH is 1. The molecule has 0 aromatic carbocycles. The average Bonchev–Trinajstić information content (AvgIpc) is 2.81. The normalized spacial score (nSPS) is 29.6. The molecule has 1 heterocycles. The van der Waals surface area contributed by atoms with Gasteiger partial charge in [-0.15, -0.1) is 0 Å². The van der Waals surface area contributed by atoms with E-state index in [2.05, 4.69) is 11.8 Å². The first-order valence-corrected chi connectivity index (χ1v) is 7.64. The fraction of sp³-hybridized carbons (Fsp3) is 1.00. The number of rotatable bonds is 5. The van der Waals surface area contributed by atoms with E-state index in [0.717, 1.165) is 12.6 Å². The van der Waals surface area contributed by atoms with Crippen LogP contribution >= 0.6 is 0 Å². The first kappa shape index (κ1) is 13.4. The Morgan fingerprint density at radius 3 is 2.59 bits per heavy atom. The Morgan fingerprint density at radius 2 is 1.94 bits per heavy atom. The molecule has 0 spiro atoms. The van der Waals surface area contributed by atoms with E-state index in [-0.39, 0.29) is 5.41 Å². The van der Waals surface area contributed by atoms with Gasteiger partial charge in [0.05, 0.1) is 0 Å². The fourth-order valence-electron chi connectivity index (χ4n) is 3.85. The summed E-state index contributed by atoms with van der Waals surface area (Å²) in [6, 6.07) is 0.803. The molecule has 0 aromatic heterocycles. The largest absolute Gasteiger partial charge is 0.396 e. The molecule has 0 radical (unpaired) electrons. The smallest absolute Gasteiger partial charge is 0.0499 e. The second-order valence-corrected chi connectivity index (χ2v) is 6.27. The lowest BCUT2D eigenvalue weighted by atomic mass is 9.84. The lowest BCUT2D eigenvalue weighted by Crippen LogP contribution is -2.46. The topological polar surface area (TPSA) is 23.5 Å². The minimum absolute atomic E-state index is 0.253. The molecule has 1 saturated heterocycles. The van der Waals surface area contributed by atoms with Crippen LogP contribution in [0.3, 0.4) is 0 Å². The van der Waals surface area contributed by atoms with E-state index in [0.29, 0.717) is 6.61 Å². The molecular weight excluding hydrogens is 210 g/mol. The Bertz CT molecular complexity index is 221. The zero-order valence-electron chi connectivity index (χ0n) is 11.5. The van der Waals surface area contributed by atoms with Gasteiger partial charge in [0.2, 0.25) is 0 Å². The zero-order valence-corrected chi connectivity index (χ0v) is 11.5.